The minimum Gasteiger partial charge on any atom is -0.297 e. The number of nitrogens with zero attached hydrogens (tertiary/aromatic N) is 1. The lowest BCUT2D eigenvalue weighted by Gasteiger charge is -2.14. The van der Waals surface area contributed by atoms with Crippen molar-refractivity contribution in [2.75, 3.05) is 12.3 Å². The maximum Gasteiger partial charge on any atom is 0.228 e. The van der Waals surface area contributed by atoms with Crippen LogP contribution in [0.3, 0.4) is 0 Å². The molecule has 1 aromatic carbocycles. The Bertz CT molecular complexity index is 445. The minimum absolute atomic E-state index is 0.154. The molecule has 0 aromatic heterocycles. The molecule has 4 heteroatoms. The molecule has 1 fully saturated rings. The van der Waals surface area contributed by atoms with E-state index in [1.807, 2.05) is 6.07 Å². The van der Waals surface area contributed by atoms with Gasteiger partial charge in [-0.2, -0.15) is 0 Å². The van der Waals surface area contributed by atoms with Crippen LogP contribution in [0.2, 0.25) is 0 Å². The first-order valence-electron chi connectivity index (χ1n) is 5.69. The predicted octanol–water partition coefficient (Wildman–Crippen LogP) is 2.79. The fraction of sp³-hybridized carbons (Fsp3) is 0.385. The molecule has 0 unspecified atom stereocenters. The molecule has 0 spiro atoms. The molecule has 90 valence electrons. The molecule has 0 N–H and O–H groups in total. The van der Waals surface area contributed by atoms with Crippen LogP contribution in [-0.2, 0) is 11.2 Å². The average molecular weight is 265 g/mol. The molecule has 0 aliphatic carbocycles. The molecular formula is C13H15NOS2. The SMILES string of the molecule is Cc1cccc(CCC(=O)N2CCSC2=S)c1. The van der Waals surface area contributed by atoms with Crippen LogP contribution >= 0.6 is 24.0 Å². The van der Waals surface area contributed by atoms with E-state index in [4.69, 9.17) is 12.2 Å². The van der Waals surface area contributed by atoms with Gasteiger partial charge in [-0.3, -0.25) is 9.69 Å². The first-order valence-corrected chi connectivity index (χ1v) is 7.09. The third-order valence-electron chi connectivity index (χ3n) is 2.77. The van der Waals surface area contributed by atoms with E-state index in [0.717, 1.165) is 23.0 Å². The number of aryl methyl sites for hydroxylation is 2. The normalized spacial score (nSPS) is 15.4. The number of thioether (sulfide) groups is 1. The fourth-order valence-corrected chi connectivity index (χ4v) is 3.11. The molecule has 1 aliphatic heterocycles. The van der Waals surface area contributed by atoms with E-state index in [9.17, 15) is 4.79 Å². The van der Waals surface area contributed by atoms with E-state index in [-0.39, 0.29) is 5.91 Å². The van der Waals surface area contributed by atoms with Crippen LogP contribution in [0.5, 0.6) is 0 Å². The van der Waals surface area contributed by atoms with Gasteiger partial charge >= 0.3 is 0 Å². The quantitative estimate of drug-likeness (QED) is 0.784. The second-order valence-corrected chi connectivity index (χ2v) is 5.88. The van der Waals surface area contributed by atoms with E-state index >= 15 is 0 Å². The molecule has 1 saturated heterocycles. The van der Waals surface area contributed by atoms with Gasteiger partial charge in [0.15, 0.2) is 0 Å². The highest BCUT2D eigenvalue weighted by Crippen LogP contribution is 2.19. The Labute approximate surface area is 111 Å². The van der Waals surface area contributed by atoms with Crippen molar-refractivity contribution >= 4 is 34.2 Å². The van der Waals surface area contributed by atoms with Crippen LogP contribution in [0, 0.1) is 6.92 Å². The highest BCUT2D eigenvalue weighted by molar-refractivity contribution is 8.23. The molecule has 2 rings (SSSR count). The number of hydrogen-bond donors (Lipinski definition) is 0. The Hall–Kier alpha value is -0.870. The van der Waals surface area contributed by atoms with Crippen LogP contribution in [-0.4, -0.2) is 27.4 Å². The number of carbonyl (C=O) groups excluding carboxylic acids is 1. The first kappa shape index (κ1) is 12.6. The summed E-state index contributed by atoms with van der Waals surface area (Å²) >= 11 is 6.73. The Morgan fingerprint density at radius 2 is 2.35 bits per heavy atom. The zero-order valence-electron chi connectivity index (χ0n) is 9.81. The zero-order valence-corrected chi connectivity index (χ0v) is 11.4. The highest BCUT2D eigenvalue weighted by atomic mass is 32.2. The lowest BCUT2D eigenvalue weighted by atomic mass is 10.1. The summed E-state index contributed by atoms with van der Waals surface area (Å²) in [5, 5.41) is 0. The van der Waals surface area contributed by atoms with Gasteiger partial charge in [0.1, 0.15) is 4.32 Å². The monoisotopic (exact) mass is 265 g/mol. The largest absolute Gasteiger partial charge is 0.297 e. The lowest BCUT2D eigenvalue weighted by Crippen LogP contribution is -2.30. The standard InChI is InChI=1S/C13H15NOS2/c1-10-3-2-4-11(9-10)5-6-12(15)14-7-8-17-13(14)16/h2-4,9H,5-8H2,1H3. The molecule has 0 radical (unpaired) electrons. The van der Waals surface area contributed by atoms with Crippen molar-refractivity contribution in [3.63, 3.8) is 0 Å². The maximum absolute atomic E-state index is 11.9. The molecule has 1 amide bonds. The number of benzene rings is 1. The third kappa shape index (κ3) is 3.30. The van der Waals surface area contributed by atoms with Gasteiger partial charge in [0, 0.05) is 18.7 Å². The van der Waals surface area contributed by atoms with Crippen molar-refractivity contribution < 1.29 is 4.79 Å². The molecule has 1 heterocycles. The van der Waals surface area contributed by atoms with Crippen LogP contribution in [0.1, 0.15) is 17.5 Å². The summed E-state index contributed by atoms with van der Waals surface area (Å²) in [6.45, 7) is 2.84. The summed E-state index contributed by atoms with van der Waals surface area (Å²) in [7, 11) is 0. The summed E-state index contributed by atoms with van der Waals surface area (Å²) < 4.78 is 0.735. The number of thiocarbonyl (C=S) groups is 1. The number of hydrogen-bond acceptors (Lipinski definition) is 3. The Morgan fingerprint density at radius 3 is 3.00 bits per heavy atom. The third-order valence-corrected chi connectivity index (χ3v) is 4.20. The van der Waals surface area contributed by atoms with Gasteiger partial charge in [0.25, 0.3) is 0 Å². The number of carbonyl (C=O) groups is 1. The van der Waals surface area contributed by atoms with Gasteiger partial charge < -0.3 is 0 Å². The van der Waals surface area contributed by atoms with Gasteiger partial charge in [0.2, 0.25) is 5.91 Å². The van der Waals surface area contributed by atoms with Gasteiger partial charge in [-0.25, -0.2) is 0 Å². The fourth-order valence-electron chi connectivity index (χ4n) is 1.87. The Kier molecular flexibility index (Phi) is 4.18. The van der Waals surface area contributed by atoms with Crippen LogP contribution in [0.25, 0.3) is 0 Å². The average Bonchev–Trinajstić information content (AvgIpc) is 2.72. The predicted molar refractivity (Wildman–Crippen MR) is 76.3 cm³/mol. The molecule has 0 saturated carbocycles. The van der Waals surface area contributed by atoms with E-state index in [2.05, 4.69) is 25.1 Å². The van der Waals surface area contributed by atoms with Crippen LogP contribution in [0.4, 0.5) is 0 Å². The second kappa shape index (κ2) is 5.65. The van der Waals surface area contributed by atoms with Crippen molar-refractivity contribution in [2.24, 2.45) is 0 Å². The molecule has 1 aliphatic rings. The van der Waals surface area contributed by atoms with Gasteiger partial charge in [-0.05, 0) is 18.9 Å². The summed E-state index contributed by atoms with van der Waals surface area (Å²) in [5.41, 5.74) is 2.46. The van der Waals surface area contributed by atoms with Gasteiger partial charge in [-0.15, -0.1) is 0 Å². The number of amides is 1. The van der Waals surface area contributed by atoms with E-state index in [0.29, 0.717) is 6.42 Å². The summed E-state index contributed by atoms with van der Waals surface area (Å²) in [5.74, 6) is 1.09. The van der Waals surface area contributed by atoms with Crippen LogP contribution in [0.15, 0.2) is 24.3 Å². The van der Waals surface area contributed by atoms with Gasteiger partial charge in [0.05, 0.1) is 0 Å². The topological polar surface area (TPSA) is 20.3 Å². The highest BCUT2D eigenvalue weighted by Gasteiger charge is 2.23. The van der Waals surface area contributed by atoms with Crippen molar-refractivity contribution in [2.45, 2.75) is 19.8 Å². The molecular weight excluding hydrogens is 250 g/mol. The molecule has 0 bridgehead atoms. The van der Waals surface area contributed by atoms with Crippen molar-refractivity contribution in [3.8, 4) is 0 Å². The first-order chi connectivity index (χ1) is 8.16. The molecule has 2 nitrogen and oxygen atoms in total. The van der Waals surface area contributed by atoms with E-state index < -0.39 is 0 Å². The molecule has 0 atom stereocenters. The van der Waals surface area contributed by atoms with E-state index in [1.54, 1.807) is 16.7 Å². The van der Waals surface area contributed by atoms with E-state index in [1.165, 1.54) is 11.1 Å². The minimum atomic E-state index is 0.154. The van der Waals surface area contributed by atoms with Crippen molar-refractivity contribution in [3.05, 3.63) is 35.4 Å². The summed E-state index contributed by atoms with van der Waals surface area (Å²) in [4.78, 5) is 13.7. The lowest BCUT2D eigenvalue weighted by molar-refractivity contribution is -0.126. The molecule has 17 heavy (non-hydrogen) atoms. The maximum atomic E-state index is 11.9. The smallest absolute Gasteiger partial charge is 0.228 e. The number of rotatable bonds is 3. The zero-order chi connectivity index (χ0) is 12.3. The summed E-state index contributed by atoms with van der Waals surface area (Å²) in [6, 6.07) is 8.30. The Morgan fingerprint density at radius 1 is 1.53 bits per heavy atom. The molecule has 1 aromatic rings. The second-order valence-electron chi connectivity index (χ2n) is 4.15. The Balaban J connectivity index is 1.90. The van der Waals surface area contributed by atoms with Crippen molar-refractivity contribution in [1.82, 2.24) is 4.90 Å². The van der Waals surface area contributed by atoms with Crippen LogP contribution < -0.4 is 0 Å². The van der Waals surface area contributed by atoms with Crippen molar-refractivity contribution in [1.29, 1.82) is 0 Å². The summed E-state index contributed by atoms with van der Waals surface area (Å²) in [6.07, 6.45) is 1.34. The van der Waals surface area contributed by atoms with Gasteiger partial charge in [-0.1, -0.05) is 53.8 Å².